The lowest BCUT2D eigenvalue weighted by Crippen LogP contribution is -2.41. The van der Waals surface area contributed by atoms with Gasteiger partial charge in [-0.15, -0.1) is 0 Å². The van der Waals surface area contributed by atoms with Gasteiger partial charge in [-0.3, -0.25) is 9.69 Å². The van der Waals surface area contributed by atoms with Crippen molar-refractivity contribution < 1.29 is 18.7 Å². The van der Waals surface area contributed by atoms with Crippen molar-refractivity contribution in [3.05, 3.63) is 75.6 Å². The molecule has 1 aromatic heterocycles. The summed E-state index contributed by atoms with van der Waals surface area (Å²) in [4.78, 5) is 39.3. The van der Waals surface area contributed by atoms with Crippen molar-refractivity contribution in [3.8, 4) is 5.75 Å². The Bertz CT molecular complexity index is 1230. The highest BCUT2D eigenvalue weighted by atomic mass is 16.5. The Labute approximate surface area is 165 Å². The van der Waals surface area contributed by atoms with Crippen molar-refractivity contribution in [1.82, 2.24) is 10.2 Å². The third-order valence-electron chi connectivity index (χ3n) is 5.79. The minimum Gasteiger partial charge on any atom is -0.497 e. The second-order valence-corrected chi connectivity index (χ2v) is 7.34. The van der Waals surface area contributed by atoms with Crippen molar-refractivity contribution in [2.24, 2.45) is 0 Å². The molecule has 7 heteroatoms. The molecule has 2 aromatic carbocycles. The summed E-state index contributed by atoms with van der Waals surface area (Å²) in [5.41, 5.74) is 1.25. The predicted molar refractivity (Wildman–Crippen MR) is 105 cm³/mol. The molecule has 3 aromatic rings. The lowest BCUT2D eigenvalue weighted by molar-refractivity contribution is -0.132. The van der Waals surface area contributed by atoms with E-state index in [1.54, 1.807) is 18.2 Å². The zero-order valence-corrected chi connectivity index (χ0v) is 15.7. The number of aryl methyl sites for hydroxylation is 1. The lowest BCUT2D eigenvalue weighted by atomic mass is 9.92. The Kier molecular flexibility index (Phi) is 3.74. The summed E-state index contributed by atoms with van der Waals surface area (Å²) < 4.78 is 10.4. The van der Waals surface area contributed by atoms with Crippen LogP contribution in [0.5, 0.6) is 5.75 Å². The number of rotatable bonds is 3. The summed E-state index contributed by atoms with van der Waals surface area (Å²) >= 11 is 0. The number of amides is 3. The van der Waals surface area contributed by atoms with E-state index in [1.165, 1.54) is 18.1 Å². The van der Waals surface area contributed by atoms with Gasteiger partial charge >= 0.3 is 11.7 Å². The second kappa shape index (κ2) is 6.20. The number of carbonyl (C=O) groups is 2. The number of carbonyl (C=O) groups excluding carboxylic acids is 2. The molecule has 5 rings (SSSR count). The molecular weight excluding hydrogens is 372 g/mol. The third-order valence-corrected chi connectivity index (χ3v) is 5.79. The molecule has 1 aliphatic carbocycles. The maximum absolute atomic E-state index is 13.3. The Morgan fingerprint density at radius 1 is 1.14 bits per heavy atom. The van der Waals surface area contributed by atoms with Gasteiger partial charge in [0.05, 0.1) is 13.7 Å². The summed E-state index contributed by atoms with van der Waals surface area (Å²) in [5.74, 6) is 0.261. The van der Waals surface area contributed by atoms with E-state index in [2.05, 4.69) is 5.32 Å². The van der Waals surface area contributed by atoms with Crippen molar-refractivity contribution in [1.29, 1.82) is 0 Å². The Hall–Kier alpha value is -3.61. The molecule has 1 spiro atoms. The normalized spacial score (nSPS) is 20.4. The van der Waals surface area contributed by atoms with Crippen LogP contribution >= 0.6 is 0 Å². The maximum Gasteiger partial charge on any atom is 0.336 e. The van der Waals surface area contributed by atoms with Gasteiger partial charge in [0.25, 0.3) is 5.91 Å². The molecule has 0 saturated carbocycles. The number of urea groups is 1. The highest BCUT2D eigenvalue weighted by Gasteiger charge is 2.55. The van der Waals surface area contributed by atoms with Gasteiger partial charge in [0, 0.05) is 17.5 Å². The summed E-state index contributed by atoms with van der Waals surface area (Å²) in [5, 5.41) is 3.55. The summed E-state index contributed by atoms with van der Waals surface area (Å²) in [7, 11) is 1.52. The fourth-order valence-corrected chi connectivity index (χ4v) is 4.37. The molecule has 29 heavy (non-hydrogen) atoms. The van der Waals surface area contributed by atoms with Crippen LogP contribution in [0.3, 0.4) is 0 Å². The minimum absolute atomic E-state index is 0.0109. The maximum atomic E-state index is 13.3. The number of nitrogens with one attached hydrogen (secondary N) is 1. The van der Waals surface area contributed by atoms with Crippen LogP contribution in [-0.2, 0) is 23.3 Å². The molecule has 1 aliphatic heterocycles. The van der Waals surface area contributed by atoms with Gasteiger partial charge in [-0.1, -0.05) is 24.3 Å². The van der Waals surface area contributed by atoms with Crippen LogP contribution < -0.4 is 15.7 Å². The van der Waals surface area contributed by atoms with Crippen molar-refractivity contribution in [3.63, 3.8) is 0 Å². The first-order valence-corrected chi connectivity index (χ1v) is 9.35. The van der Waals surface area contributed by atoms with Crippen LogP contribution in [0.1, 0.15) is 23.1 Å². The van der Waals surface area contributed by atoms with Crippen LogP contribution in [0.25, 0.3) is 11.0 Å². The van der Waals surface area contributed by atoms with Crippen molar-refractivity contribution >= 4 is 22.9 Å². The SMILES string of the molecule is COc1ccc2c(CN3C(=O)N[C@@]4(CCc5ccccc54)C3=O)cc(=O)oc2c1. The molecule has 2 heterocycles. The number of benzene rings is 2. The molecule has 0 radical (unpaired) electrons. The Morgan fingerprint density at radius 2 is 1.97 bits per heavy atom. The number of imide groups is 1. The topological polar surface area (TPSA) is 88.9 Å². The third kappa shape index (κ3) is 2.54. The molecule has 1 saturated heterocycles. The molecule has 1 N–H and O–H groups in total. The quantitative estimate of drug-likeness (QED) is 0.549. The first-order valence-electron chi connectivity index (χ1n) is 9.35. The number of nitrogens with zero attached hydrogens (tertiary/aromatic N) is 1. The van der Waals surface area contributed by atoms with Crippen molar-refractivity contribution in [2.75, 3.05) is 7.11 Å². The molecule has 1 atom stereocenters. The molecule has 1 fully saturated rings. The highest BCUT2D eigenvalue weighted by Crippen LogP contribution is 2.41. The highest BCUT2D eigenvalue weighted by molar-refractivity contribution is 6.08. The van der Waals surface area contributed by atoms with E-state index in [4.69, 9.17) is 9.15 Å². The minimum atomic E-state index is -1.02. The van der Waals surface area contributed by atoms with Crippen LogP contribution in [0.4, 0.5) is 4.79 Å². The van der Waals surface area contributed by atoms with E-state index in [9.17, 15) is 14.4 Å². The number of hydrogen-bond donors (Lipinski definition) is 1. The van der Waals surface area contributed by atoms with Gasteiger partial charge in [-0.05, 0) is 41.7 Å². The fourth-order valence-electron chi connectivity index (χ4n) is 4.37. The molecule has 7 nitrogen and oxygen atoms in total. The summed E-state index contributed by atoms with van der Waals surface area (Å²) in [6, 6.07) is 13.7. The monoisotopic (exact) mass is 390 g/mol. The lowest BCUT2D eigenvalue weighted by Gasteiger charge is -2.22. The number of fused-ring (bicyclic) bond motifs is 3. The van der Waals surface area contributed by atoms with E-state index in [0.29, 0.717) is 28.7 Å². The zero-order chi connectivity index (χ0) is 20.2. The summed E-state index contributed by atoms with van der Waals surface area (Å²) in [6.07, 6.45) is 1.26. The zero-order valence-electron chi connectivity index (χ0n) is 15.7. The van der Waals surface area contributed by atoms with Crippen LogP contribution in [0.2, 0.25) is 0 Å². The molecule has 3 amide bonds. The van der Waals surface area contributed by atoms with Gasteiger partial charge in [-0.25, -0.2) is 9.59 Å². The van der Waals surface area contributed by atoms with E-state index in [0.717, 1.165) is 17.5 Å². The van der Waals surface area contributed by atoms with Gasteiger partial charge in [0.1, 0.15) is 16.9 Å². The average Bonchev–Trinajstić information content (AvgIpc) is 3.20. The van der Waals surface area contributed by atoms with Crippen molar-refractivity contribution in [2.45, 2.75) is 24.9 Å². The first kappa shape index (κ1) is 17.5. The standard InChI is InChI=1S/C22H18N2O5/c1-28-15-6-7-16-14(10-19(25)29-18(16)11-15)12-24-20(26)22(23-21(24)27)9-8-13-4-2-3-5-17(13)22/h2-7,10-11H,8-9,12H2,1H3,(H,23,27)/t22-/m1/s1. The Morgan fingerprint density at radius 3 is 2.79 bits per heavy atom. The number of methoxy groups -OCH3 is 1. The number of hydrogen-bond acceptors (Lipinski definition) is 5. The molecule has 146 valence electrons. The van der Waals surface area contributed by atoms with Gasteiger partial charge in [-0.2, -0.15) is 0 Å². The largest absolute Gasteiger partial charge is 0.497 e. The second-order valence-electron chi connectivity index (χ2n) is 7.34. The van der Waals surface area contributed by atoms with Crippen LogP contribution in [-0.4, -0.2) is 23.9 Å². The average molecular weight is 390 g/mol. The van der Waals surface area contributed by atoms with Gasteiger partial charge < -0.3 is 14.5 Å². The first-order chi connectivity index (χ1) is 14.0. The molecule has 0 unspecified atom stereocenters. The smallest absolute Gasteiger partial charge is 0.336 e. The van der Waals surface area contributed by atoms with E-state index >= 15 is 0 Å². The number of ether oxygens (including phenoxy) is 1. The molecule has 2 aliphatic rings. The summed E-state index contributed by atoms with van der Waals surface area (Å²) in [6.45, 7) is -0.0109. The van der Waals surface area contributed by atoms with Gasteiger partial charge in [0.2, 0.25) is 0 Å². The Balaban J connectivity index is 1.54. The molecule has 0 bridgehead atoms. The van der Waals surface area contributed by atoms with Crippen LogP contribution in [0, 0.1) is 0 Å². The van der Waals surface area contributed by atoms with Crippen LogP contribution in [0.15, 0.2) is 57.7 Å². The van der Waals surface area contributed by atoms with E-state index in [1.807, 2.05) is 24.3 Å². The van der Waals surface area contributed by atoms with E-state index in [-0.39, 0.29) is 12.5 Å². The predicted octanol–water partition coefficient (Wildman–Crippen LogP) is 2.70. The molecular formula is C22H18N2O5. The fraction of sp³-hybridized carbons (Fsp3) is 0.227. The van der Waals surface area contributed by atoms with Gasteiger partial charge in [0.15, 0.2) is 0 Å². The van der Waals surface area contributed by atoms with E-state index < -0.39 is 17.2 Å².